The van der Waals surface area contributed by atoms with Gasteiger partial charge >= 0.3 is 0 Å². The number of nitrogens with zero attached hydrogens (tertiary/aromatic N) is 3. The van der Waals surface area contributed by atoms with Crippen LogP contribution >= 0.6 is 12.4 Å². The molecule has 0 saturated carbocycles. The summed E-state index contributed by atoms with van der Waals surface area (Å²) in [4.78, 5) is 4.73. The van der Waals surface area contributed by atoms with Crippen molar-refractivity contribution in [2.45, 2.75) is 30.3 Å². The zero-order valence-electron chi connectivity index (χ0n) is 15.1. The summed E-state index contributed by atoms with van der Waals surface area (Å²) < 4.78 is 32.9. The van der Waals surface area contributed by atoms with Crippen LogP contribution in [-0.2, 0) is 16.6 Å². The number of rotatable bonds is 5. The van der Waals surface area contributed by atoms with E-state index in [1.807, 2.05) is 24.3 Å². The Bertz CT molecular complexity index is 1020. The monoisotopic (exact) mass is 420 g/mol. The Morgan fingerprint density at radius 2 is 1.82 bits per heavy atom. The summed E-state index contributed by atoms with van der Waals surface area (Å²) in [7, 11) is -3.61. The van der Waals surface area contributed by atoms with Gasteiger partial charge in [0, 0.05) is 18.7 Å². The zero-order chi connectivity index (χ0) is 18.9. The molecule has 2 N–H and O–H groups in total. The molecule has 2 heterocycles. The Morgan fingerprint density at radius 3 is 2.50 bits per heavy atom. The predicted molar refractivity (Wildman–Crippen MR) is 107 cm³/mol. The van der Waals surface area contributed by atoms with Crippen molar-refractivity contribution in [3.63, 3.8) is 0 Å². The van der Waals surface area contributed by atoms with Gasteiger partial charge in [-0.1, -0.05) is 47.6 Å². The first-order valence-corrected chi connectivity index (χ1v) is 10.2. The van der Waals surface area contributed by atoms with Crippen LogP contribution in [0.3, 0.4) is 0 Å². The van der Waals surface area contributed by atoms with E-state index in [1.165, 1.54) is 4.31 Å². The standard InChI is InChI=1S/C19H20N4O3S.ClH/c20-13-14-8-10-15(11-9-14)18-21-19(26-22-18)17-7-4-12-23(17)27(24,25)16-5-2-1-3-6-16;/h1-3,5-6,8-11,17H,4,7,12-13,20H2;1H. The molecular weight excluding hydrogens is 400 g/mol. The quantitative estimate of drug-likeness (QED) is 0.680. The van der Waals surface area contributed by atoms with Gasteiger partial charge in [0.05, 0.1) is 4.90 Å². The Morgan fingerprint density at radius 1 is 1.11 bits per heavy atom. The first-order valence-electron chi connectivity index (χ1n) is 8.79. The van der Waals surface area contributed by atoms with Crippen LogP contribution in [0.2, 0.25) is 0 Å². The number of sulfonamides is 1. The maximum absolute atomic E-state index is 13.0. The smallest absolute Gasteiger partial charge is 0.245 e. The van der Waals surface area contributed by atoms with Crippen molar-refractivity contribution in [2.75, 3.05) is 6.54 Å². The molecule has 1 atom stereocenters. The van der Waals surface area contributed by atoms with Crippen LogP contribution in [0.4, 0.5) is 0 Å². The minimum Gasteiger partial charge on any atom is -0.337 e. The molecule has 1 saturated heterocycles. The second-order valence-corrected chi connectivity index (χ2v) is 8.33. The summed E-state index contributed by atoms with van der Waals surface area (Å²) in [5, 5.41) is 4.04. The van der Waals surface area contributed by atoms with Crippen molar-refractivity contribution < 1.29 is 12.9 Å². The fourth-order valence-corrected chi connectivity index (χ4v) is 4.95. The Labute approximate surface area is 170 Å². The molecule has 148 valence electrons. The third kappa shape index (κ3) is 3.81. The first-order chi connectivity index (χ1) is 13.1. The van der Waals surface area contributed by atoms with E-state index in [9.17, 15) is 8.42 Å². The fraction of sp³-hybridized carbons (Fsp3) is 0.263. The summed E-state index contributed by atoms with van der Waals surface area (Å²) in [6.07, 6.45) is 1.40. The average molecular weight is 421 g/mol. The molecule has 1 aliphatic rings. The van der Waals surface area contributed by atoms with Gasteiger partial charge in [-0.15, -0.1) is 12.4 Å². The molecule has 1 aliphatic heterocycles. The third-order valence-electron chi connectivity index (χ3n) is 4.73. The number of benzene rings is 2. The summed E-state index contributed by atoms with van der Waals surface area (Å²) >= 11 is 0. The second-order valence-electron chi connectivity index (χ2n) is 6.44. The maximum Gasteiger partial charge on any atom is 0.245 e. The molecule has 9 heteroatoms. The highest BCUT2D eigenvalue weighted by molar-refractivity contribution is 7.89. The third-order valence-corrected chi connectivity index (χ3v) is 6.65. The predicted octanol–water partition coefficient (Wildman–Crippen LogP) is 3.14. The minimum absolute atomic E-state index is 0. The van der Waals surface area contributed by atoms with Gasteiger partial charge in [0.1, 0.15) is 6.04 Å². The van der Waals surface area contributed by atoms with Crippen LogP contribution in [-0.4, -0.2) is 29.4 Å². The van der Waals surface area contributed by atoms with E-state index >= 15 is 0 Å². The van der Waals surface area contributed by atoms with E-state index in [4.69, 9.17) is 10.3 Å². The second kappa shape index (κ2) is 8.40. The van der Waals surface area contributed by atoms with Gasteiger partial charge < -0.3 is 10.3 Å². The lowest BCUT2D eigenvalue weighted by atomic mass is 10.1. The Kier molecular flexibility index (Phi) is 6.14. The van der Waals surface area contributed by atoms with E-state index < -0.39 is 16.1 Å². The summed E-state index contributed by atoms with van der Waals surface area (Å²) in [5.41, 5.74) is 7.43. The topological polar surface area (TPSA) is 102 Å². The van der Waals surface area contributed by atoms with Crippen LogP contribution in [0.25, 0.3) is 11.4 Å². The first kappa shape index (κ1) is 20.5. The van der Waals surface area contributed by atoms with Crippen LogP contribution in [0.1, 0.15) is 30.3 Å². The fourth-order valence-electron chi connectivity index (χ4n) is 3.28. The molecule has 28 heavy (non-hydrogen) atoms. The van der Waals surface area contributed by atoms with Crippen molar-refractivity contribution in [2.24, 2.45) is 5.73 Å². The molecular formula is C19H21ClN4O3S. The van der Waals surface area contributed by atoms with Crippen LogP contribution in [0.15, 0.2) is 64.0 Å². The Hall–Kier alpha value is -2.26. The normalized spacial score (nSPS) is 17.4. The van der Waals surface area contributed by atoms with Crippen molar-refractivity contribution in [1.82, 2.24) is 14.4 Å². The summed E-state index contributed by atoms with van der Waals surface area (Å²) in [6, 6.07) is 15.6. The van der Waals surface area contributed by atoms with Crippen molar-refractivity contribution in [3.8, 4) is 11.4 Å². The maximum atomic E-state index is 13.0. The van der Waals surface area contributed by atoms with Gasteiger partial charge in [-0.25, -0.2) is 8.42 Å². The molecule has 1 unspecified atom stereocenters. The van der Waals surface area contributed by atoms with E-state index in [0.29, 0.717) is 31.2 Å². The van der Waals surface area contributed by atoms with E-state index in [1.54, 1.807) is 30.3 Å². The van der Waals surface area contributed by atoms with Gasteiger partial charge in [0.15, 0.2) is 0 Å². The number of aromatic nitrogens is 2. The molecule has 4 rings (SSSR count). The van der Waals surface area contributed by atoms with Crippen LogP contribution in [0.5, 0.6) is 0 Å². The number of hydrogen-bond acceptors (Lipinski definition) is 6. The van der Waals surface area contributed by atoms with Gasteiger partial charge in [-0.3, -0.25) is 0 Å². The number of halogens is 1. The SMILES string of the molecule is Cl.NCc1ccc(-c2noc(C3CCCN3S(=O)(=O)c3ccccc3)n2)cc1. The molecule has 1 aromatic heterocycles. The van der Waals surface area contributed by atoms with Crippen LogP contribution < -0.4 is 5.73 Å². The van der Waals surface area contributed by atoms with E-state index in [-0.39, 0.29) is 17.3 Å². The molecule has 0 spiro atoms. The lowest BCUT2D eigenvalue weighted by Gasteiger charge is -2.21. The van der Waals surface area contributed by atoms with Gasteiger partial charge in [-0.2, -0.15) is 9.29 Å². The molecule has 1 fully saturated rings. The molecule has 0 aliphatic carbocycles. The lowest BCUT2D eigenvalue weighted by Crippen LogP contribution is -2.30. The average Bonchev–Trinajstić information content (AvgIpc) is 3.38. The van der Waals surface area contributed by atoms with Crippen LogP contribution in [0, 0.1) is 0 Å². The van der Waals surface area contributed by atoms with Crippen molar-refractivity contribution in [3.05, 3.63) is 66.1 Å². The van der Waals surface area contributed by atoms with Gasteiger partial charge in [-0.05, 0) is 30.5 Å². The number of nitrogens with two attached hydrogens (primary N) is 1. The molecule has 0 radical (unpaired) electrons. The van der Waals surface area contributed by atoms with E-state index in [0.717, 1.165) is 17.5 Å². The molecule has 0 bridgehead atoms. The molecule has 2 aromatic carbocycles. The zero-order valence-corrected chi connectivity index (χ0v) is 16.7. The Balaban J connectivity index is 0.00000225. The minimum atomic E-state index is -3.61. The molecule has 3 aromatic rings. The highest BCUT2D eigenvalue weighted by Gasteiger charge is 2.39. The lowest BCUT2D eigenvalue weighted by molar-refractivity contribution is 0.290. The molecule has 0 amide bonds. The van der Waals surface area contributed by atoms with Gasteiger partial charge in [0.2, 0.25) is 21.7 Å². The van der Waals surface area contributed by atoms with Crippen molar-refractivity contribution >= 4 is 22.4 Å². The number of hydrogen-bond donors (Lipinski definition) is 1. The van der Waals surface area contributed by atoms with Crippen molar-refractivity contribution in [1.29, 1.82) is 0 Å². The van der Waals surface area contributed by atoms with E-state index in [2.05, 4.69) is 10.1 Å². The summed E-state index contributed by atoms with van der Waals surface area (Å²) in [6.45, 7) is 0.900. The highest BCUT2D eigenvalue weighted by atomic mass is 35.5. The molecule has 7 nitrogen and oxygen atoms in total. The highest BCUT2D eigenvalue weighted by Crippen LogP contribution is 2.36. The summed E-state index contributed by atoms with van der Waals surface area (Å²) in [5.74, 6) is 0.766. The van der Waals surface area contributed by atoms with Gasteiger partial charge in [0.25, 0.3) is 0 Å². The largest absolute Gasteiger partial charge is 0.337 e.